The van der Waals surface area contributed by atoms with Crippen LogP contribution < -0.4 is 10.2 Å². The SMILES string of the molecule is Cc1nc2ccccc2nc1SCC(=O)NC(=O)N1CCc2ccccc21. The molecule has 4 rings (SSSR count). The number of urea groups is 1. The van der Waals surface area contributed by atoms with Crippen LogP contribution in [0.2, 0.25) is 0 Å². The van der Waals surface area contributed by atoms with Crippen molar-refractivity contribution in [1.29, 1.82) is 0 Å². The fourth-order valence-electron chi connectivity index (χ4n) is 3.11. The van der Waals surface area contributed by atoms with Crippen molar-refractivity contribution in [3.8, 4) is 0 Å². The van der Waals surface area contributed by atoms with Gasteiger partial charge in [-0.1, -0.05) is 42.1 Å². The van der Waals surface area contributed by atoms with Gasteiger partial charge in [0.2, 0.25) is 5.91 Å². The second kappa shape index (κ2) is 7.36. The zero-order valence-corrected chi connectivity index (χ0v) is 15.6. The molecule has 0 spiro atoms. The highest BCUT2D eigenvalue weighted by Gasteiger charge is 2.25. The third-order valence-electron chi connectivity index (χ3n) is 4.42. The van der Waals surface area contributed by atoms with E-state index in [1.165, 1.54) is 11.8 Å². The Hall–Kier alpha value is -2.93. The number of benzene rings is 2. The molecule has 1 aliphatic rings. The number of hydrogen-bond donors (Lipinski definition) is 1. The molecule has 0 radical (unpaired) electrons. The number of thioether (sulfide) groups is 1. The van der Waals surface area contributed by atoms with Crippen LogP contribution in [0.1, 0.15) is 11.3 Å². The number of fused-ring (bicyclic) bond motifs is 2. The molecule has 0 unspecified atom stereocenters. The van der Waals surface area contributed by atoms with Crippen molar-refractivity contribution in [2.75, 3.05) is 17.2 Å². The van der Waals surface area contributed by atoms with Crippen LogP contribution in [0, 0.1) is 6.92 Å². The lowest BCUT2D eigenvalue weighted by Gasteiger charge is -2.17. The fraction of sp³-hybridized carbons (Fsp3) is 0.200. The molecule has 3 aromatic rings. The van der Waals surface area contributed by atoms with Crippen LogP contribution >= 0.6 is 11.8 Å². The zero-order valence-electron chi connectivity index (χ0n) is 14.8. The average Bonchev–Trinajstić information content (AvgIpc) is 3.10. The average molecular weight is 378 g/mol. The maximum Gasteiger partial charge on any atom is 0.328 e. The summed E-state index contributed by atoms with van der Waals surface area (Å²) in [6, 6.07) is 15.0. The Morgan fingerprint density at radius 1 is 1.07 bits per heavy atom. The van der Waals surface area contributed by atoms with E-state index in [4.69, 9.17) is 0 Å². The van der Waals surface area contributed by atoms with E-state index in [0.717, 1.165) is 34.4 Å². The van der Waals surface area contributed by atoms with Crippen molar-refractivity contribution < 1.29 is 9.59 Å². The summed E-state index contributed by atoms with van der Waals surface area (Å²) in [6.07, 6.45) is 0.804. The fourth-order valence-corrected chi connectivity index (χ4v) is 3.87. The molecular weight excluding hydrogens is 360 g/mol. The Morgan fingerprint density at radius 2 is 1.78 bits per heavy atom. The predicted octanol–water partition coefficient (Wildman–Crippen LogP) is 3.33. The summed E-state index contributed by atoms with van der Waals surface area (Å²) in [5, 5.41) is 3.17. The van der Waals surface area contributed by atoms with Crippen molar-refractivity contribution in [3.63, 3.8) is 0 Å². The van der Waals surface area contributed by atoms with Crippen LogP contribution in [0.3, 0.4) is 0 Å². The molecule has 0 atom stereocenters. The molecule has 1 aliphatic heterocycles. The molecule has 136 valence electrons. The largest absolute Gasteiger partial charge is 0.328 e. The third-order valence-corrected chi connectivity index (χ3v) is 5.49. The number of nitrogens with one attached hydrogen (secondary N) is 1. The predicted molar refractivity (Wildman–Crippen MR) is 106 cm³/mol. The number of para-hydroxylation sites is 3. The normalized spacial score (nSPS) is 12.9. The third kappa shape index (κ3) is 3.64. The minimum atomic E-state index is -0.383. The highest BCUT2D eigenvalue weighted by molar-refractivity contribution is 7.99. The Kier molecular flexibility index (Phi) is 4.77. The molecule has 27 heavy (non-hydrogen) atoms. The van der Waals surface area contributed by atoms with Crippen LogP contribution in [0.5, 0.6) is 0 Å². The standard InChI is InChI=1S/C20H18N4O2S/c1-13-19(22-16-8-4-3-7-15(16)21-13)27-12-18(25)23-20(26)24-11-10-14-6-2-5-9-17(14)24/h2-9H,10-12H2,1H3,(H,23,25,26). The van der Waals surface area contributed by atoms with Gasteiger partial charge in [0, 0.05) is 12.2 Å². The summed E-state index contributed by atoms with van der Waals surface area (Å²) < 4.78 is 0. The van der Waals surface area contributed by atoms with Gasteiger partial charge in [-0.05, 0) is 37.1 Å². The smallest absolute Gasteiger partial charge is 0.294 e. The van der Waals surface area contributed by atoms with Crippen LogP contribution in [0.15, 0.2) is 53.6 Å². The number of carbonyl (C=O) groups excluding carboxylic acids is 2. The molecule has 0 aliphatic carbocycles. The first kappa shape index (κ1) is 17.5. The number of aryl methyl sites for hydroxylation is 1. The molecule has 1 N–H and O–H groups in total. The van der Waals surface area contributed by atoms with Crippen LogP contribution in [-0.4, -0.2) is 34.2 Å². The van der Waals surface area contributed by atoms with Crippen LogP contribution in [0.25, 0.3) is 11.0 Å². The quantitative estimate of drug-likeness (QED) is 0.708. The van der Waals surface area contributed by atoms with E-state index in [1.54, 1.807) is 4.90 Å². The number of amides is 3. The lowest BCUT2D eigenvalue weighted by atomic mass is 10.2. The van der Waals surface area contributed by atoms with Gasteiger partial charge in [0.05, 0.1) is 22.5 Å². The lowest BCUT2D eigenvalue weighted by molar-refractivity contribution is -0.117. The van der Waals surface area contributed by atoms with E-state index in [0.29, 0.717) is 11.6 Å². The van der Waals surface area contributed by atoms with Crippen LogP contribution in [0.4, 0.5) is 10.5 Å². The van der Waals surface area contributed by atoms with Crippen molar-refractivity contribution >= 4 is 40.4 Å². The molecule has 0 fully saturated rings. The molecule has 7 heteroatoms. The summed E-state index contributed by atoms with van der Waals surface area (Å²) in [4.78, 5) is 35.4. The van der Waals surface area contributed by atoms with E-state index in [9.17, 15) is 9.59 Å². The number of imide groups is 1. The van der Waals surface area contributed by atoms with E-state index in [1.807, 2.05) is 55.5 Å². The summed E-state index contributed by atoms with van der Waals surface area (Å²) >= 11 is 1.28. The number of anilines is 1. The first-order chi connectivity index (χ1) is 13.1. The van der Waals surface area contributed by atoms with E-state index in [-0.39, 0.29) is 17.7 Å². The maximum atomic E-state index is 12.4. The molecule has 2 heterocycles. The van der Waals surface area contributed by atoms with Gasteiger partial charge in [-0.3, -0.25) is 15.0 Å². The van der Waals surface area contributed by atoms with Gasteiger partial charge >= 0.3 is 6.03 Å². The number of carbonyl (C=O) groups is 2. The minimum absolute atomic E-state index is 0.106. The van der Waals surface area contributed by atoms with Crippen molar-refractivity contribution in [2.24, 2.45) is 0 Å². The Balaban J connectivity index is 1.39. The van der Waals surface area contributed by atoms with E-state index in [2.05, 4.69) is 15.3 Å². The lowest BCUT2D eigenvalue weighted by Crippen LogP contribution is -2.42. The second-order valence-electron chi connectivity index (χ2n) is 6.28. The summed E-state index contributed by atoms with van der Waals surface area (Å²) in [5.41, 5.74) is 4.37. The second-order valence-corrected chi connectivity index (χ2v) is 7.24. The monoisotopic (exact) mass is 378 g/mol. The summed E-state index contributed by atoms with van der Waals surface area (Å²) in [6.45, 7) is 2.45. The van der Waals surface area contributed by atoms with Gasteiger partial charge in [0.1, 0.15) is 5.03 Å². The molecule has 3 amide bonds. The highest BCUT2D eigenvalue weighted by Crippen LogP contribution is 2.27. The topological polar surface area (TPSA) is 75.2 Å². The first-order valence-electron chi connectivity index (χ1n) is 8.67. The molecule has 0 bridgehead atoms. The maximum absolute atomic E-state index is 12.4. The Labute approximate surface area is 161 Å². The van der Waals surface area contributed by atoms with E-state index >= 15 is 0 Å². The minimum Gasteiger partial charge on any atom is -0.294 e. The molecule has 1 aromatic heterocycles. The number of rotatable bonds is 3. The molecule has 0 saturated heterocycles. The van der Waals surface area contributed by atoms with Crippen molar-refractivity contribution in [1.82, 2.24) is 15.3 Å². The van der Waals surface area contributed by atoms with Crippen molar-refractivity contribution in [2.45, 2.75) is 18.4 Å². The first-order valence-corrected chi connectivity index (χ1v) is 9.66. The molecule has 6 nitrogen and oxygen atoms in total. The van der Waals surface area contributed by atoms with E-state index < -0.39 is 0 Å². The van der Waals surface area contributed by atoms with Gasteiger partial charge in [-0.25, -0.2) is 14.8 Å². The number of hydrogen-bond acceptors (Lipinski definition) is 5. The molecule has 2 aromatic carbocycles. The van der Waals surface area contributed by atoms with Gasteiger partial charge in [0.25, 0.3) is 0 Å². The van der Waals surface area contributed by atoms with Crippen LogP contribution in [-0.2, 0) is 11.2 Å². The summed E-state index contributed by atoms with van der Waals surface area (Å²) in [7, 11) is 0. The van der Waals surface area contributed by atoms with Gasteiger partial charge < -0.3 is 0 Å². The van der Waals surface area contributed by atoms with Gasteiger partial charge in [-0.15, -0.1) is 0 Å². The van der Waals surface area contributed by atoms with Gasteiger partial charge in [0.15, 0.2) is 0 Å². The molecule has 0 saturated carbocycles. The Morgan fingerprint density at radius 3 is 2.59 bits per heavy atom. The van der Waals surface area contributed by atoms with Crippen molar-refractivity contribution in [3.05, 3.63) is 59.8 Å². The zero-order chi connectivity index (χ0) is 18.8. The van der Waals surface area contributed by atoms with Gasteiger partial charge in [-0.2, -0.15) is 0 Å². The number of nitrogens with zero attached hydrogens (tertiary/aromatic N) is 3. The molecular formula is C20H18N4O2S. The summed E-state index contributed by atoms with van der Waals surface area (Å²) in [5.74, 6) is -0.238. The highest BCUT2D eigenvalue weighted by atomic mass is 32.2. The Bertz CT molecular complexity index is 1040. The number of aromatic nitrogens is 2.